The molecule has 5 heteroatoms. The van der Waals surface area contributed by atoms with E-state index in [0.717, 1.165) is 0 Å². The SMILES string of the molecule is O=CC1=C(CCC(=O)O)C(=O)CC1O. The summed E-state index contributed by atoms with van der Waals surface area (Å²) in [5.41, 5.74) is 0.200. The molecular weight excluding hydrogens is 188 g/mol. The van der Waals surface area contributed by atoms with E-state index < -0.39 is 12.1 Å². The van der Waals surface area contributed by atoms with Crippen LogP contribution in [0.15, 0.2) is 11.1 Å². The van der Waals surface area contributed by atoms with Crippen molar-refractivity contribution in [3.63, 3.8) is 0 Å². The largest absolute Gasteiger partial charge is 0.481 e. The number of rotatable bonds is 4. The number of aliphatic hydroxyl groups excluding tert-OH is 1. The summed E-state index contributed by atoms with van der Waals surface area (Å²) in [6.07, 6.45) is -0.927. The van der Waals surface area contributed by atoms with Gasteiger partial charge >= 0.3 is 5.97 Å². The molecule has 0 aromatic carbocycles. The quantitative estimate of drug-likeness (QED) is 0.604. The molecule has 14 heavy (non-hydrogen) atoms. The summed E-state index contributed by atoms with van der Waals surface area (Å²) in [6, 6.07) is 0. The fraction of sp³-hybridized carbons (Fsp3) is 0.444. The van der Waals surface area contributed by atoms with E-state index in [9.17, 15) is 19.5 Å². The number of hydrogen-bond donors (Lipinski definition) is 2. The number of aliphatic carboxylic acids is 1. The van der Waals surface area contributed by atoms with Crippen LogP contribution >= 0.6 is 0 Å². The molecule has 0 fully saturated rings. The third kappa shape index (κ3) is 2.05. The normalized spacial score (nSPS) is 21.5. The van der Waals surface area contributed by atoms with Crippen molar-refractivity contribution in [3.8, 4) is 0 Å². The van der Waals surface area contributed by atoms with E-state index in [-0.39, 0.29) is 36.2 Å². The molecule has 1 aliphatic rings. The van der Waals surface area contributed by atoms with Crippen molar-refractivity contribution in [1.29, 1.82) is 0 Å². The minimum Gasteiger partial charge on any atom is -0.481 e. The topological polar surface area (TPSA) is 91.7 Å². The summed E-state index contributed by atoms with van der Waals surface area (Å²) in [4.78, 5) is 32.0. The molecule has 0 radical (unpaired) electrons. The number of aldehydes is 1. The van der Waals surface area contributed by atoms with E-state index in [0.29, 0.717) is 6.29 Å². The molecule has 1 unspecified atom stereocenters. The summed E-state index contributed by atoms with van der Waals surface area (Å²) >= 11 is 0. The molecule has 0 aromatic heterocycles. The van der Waals surface area contributed by atoms with Crippen molar-refractivity contribution in [2.45, 2.75) is 25.4 Å². The number of ketones is 1. The van der Waals surface area contributed by atoms with Crippen LogP contribution in [0.1, 0.15) is 19.3 Å². The molecule has 0 heterocycles. The predicted molar refractivity (Wildman–Crippen MR) is 45.6 cm³/mol. The Morgan fingerprint density at radius 3 is 2.71 bits per heavy atom. The lowest BCUT2D eigenvalue weighted by atomic mass is 10.1. The maximum absolute atomic E-state index is 11.2. The van der Waals surface area contributed by atoms with Crippen LogP contribution in [0.4, 0.5) is 0 Å². The van der Waals surface area contributed by atoms with Gasteiger partial charge in [0.05, 0.1) is 6.10 Å². The van der Waals surface area contributed by atoms with Crippen molar-refractivity contribution < 1.29 is 24.6 Å². The molecule has 0 aromatic rings. The number of carboxylic acids is 1. The molecule has 0 saturated carbocycles. The first kappa shape index (κ1) is 10.6. The lowest BCUT2D eigenvalue weighted by molar-refractivity contribution is -0.137. The summed E-state index contributed by atoms with van der Waals surface area (Å²) in [7, 11) is 0. The van der Waals surface area contributed by atoms with Gasteiger partial charge in [0.15, 0.2) is 5.78 Å². The number of aliphatic hydroxyl groups is 1. The van der Waals surface area contributed by atoms with Crippen molar-refractivity contribution >= 4 is 18.0 Å². The van der Waals surface area contributed by atoms with Gasteiger partial charge in [-0.25, -0.2) is 0 Å². The lowest BCUT2D eigenvalue weighted by Crippen LogP contribution is -2.06. The molecule has 76 valence electrons. The second kappa shape index (κ2) is 4.15. The summed E-state index contributed by atoms with van der Waals surface area (Å²) in [6.45, 7) is 0. The van der Waals surface area contributed by atoms with Crippen LogP contribution in [-0.2, 0) is 14.4 Å². The molecular formula is C9H10O5. The third-order valence-corrected chi connectivity index (χ3v) is 2.14. The Bertz CT molecular complexity index is 315. The maximum Gasteiger partial charge on any atom is 0.303 e. The van der Waals surface area contributed by atoms with Gasteiger partial charge in [-0.15, -0.1) is 0 Å². The Balaban J connectivity index is 2.80. The van der Waals surface area contributed by atoms with Crippen LogP contribution in [-0.4, -0.2) is 34.4 Å². The van der Waals surface area contributed by atoms with Gasteiger partial charge in [0.25, 0.3) is 0 Å². The Morgan fingerprint density at radius 2 is 2.21 bits per heavy atom. The smallest absolute Gasteiger partial charge is 0.303 e. The highest BCUT2D eigenvalue weighted by Gasteiger charge is 2.30. The van der Waals surface area contributed by atoms with E-state index in [4.69, 9.17) is 5.11 Å². The number of carbonyl (C=O) groups excluding carboxylic acids is 2. The first-order valence-corrected chi connectivity index (χ1v) is 4.17. The van der Waals surface area contributed by atoms with Gasteiger partial charge in [-0.3, -0.25) is 14.4 Å². The van der Waals surface area contributed by atoms with Crippen LogP contribution in [0.5, 0.6) is 0 Å². The fourth-order valence-corrected chi connectivity index (χ4v) is 1.44. The van der Waals surface area contributed by atoms with Crippen molar-refractivity contribution in [2.75, 3.05) is 0 Å². The number of hydrogen-bond acceptors (Lipinski definition) is 4. The number of carboxylic acid groups (broad SMARTS) is 1. The lowest BCUT2D eigenvalue weighted by Gasteiger charge is -2.00. The summed E-state index contributed by atoms with van der Waals surface area (Å²) < 4.78 is 0. The summed E-state index contributed by atoms with van der Waals surface area (Å²) in [5, 5.41) is 17.6. The standard InChI is InChI=1S/C9H10O5/c10-4-6-5(1-2-9(13)14)7(11)3-8(6)12/h4,8,12H,1-3H2,(H,13,14). The van der Waals surface area contributed by atoms with Crippen LogP contribution in [0.3, 0.4) is 0 Å². The second-order valence-electron chi connectivity index (χ2n) is 3.09. The Hall–Kier alpha value is -1.49. The van der Waals surface area contributed by atoms with Crippen molar-refractivity contribution in [2.24, 2.45) is 0 Å². The minimum absolute atomic E-state index is 0.0132. The zero-order chi connectivity index (χ0) is 10.7. The van der Waals surface area contributed by atoms with Gasteiger partial charge in [-0.2, -0.15) is 0 Å². The van der Waals surface area contributed by atoms with Crippen molar-refractivity contribution in [1.82, 2.24) is 0 Å². The highest BCUT2D eigenvalue weighted by Crippen LogP contribution is 2.25. The molecule has 1 aliphatic carbocycles. The monoisotopic (exact) mass is 198 g/mol. The second-order valence-corrected chi connectivity index (χ2v) is 3.09. The van der Waals surface area contributed by atoms with Gasteiger partial charge in [-0.1, -0.05) is 0 Å². The van der Waals surface area contributed by atoms with Crippen molar-refractivity contribution in [3.05, 3.63) is 11.1 Å². The summed E-state index contributed by atoms with van der Waals surface area (Å²) in [5.74, 6) is -1.36. The highest BCUT2D eigenvalue weighted by molar-refractivity contribution is 6.05. The molecule has 1 rings (SSSR count). The zero-order valence-corrected chi connectivity index (χ0v) is 7.40. The van der Waals surface area contributed by atoms with Crippen LogP contribution in [0, 0.1) is 0 Å². The first-order valence-electron chi connectivity index (χ1n) is 4.17. The average molecular weight is 198 g/mol. The number of Topliss-reactive ketones (excluding diaryl/α,β-unsaturated/α-hetero) is 1. The van der Waals surface area contributed by atoms with Gasteiger partial charge in [0.2, 0.25) is 0 Å². The maximum atomic E-state index is 11.2. The van der Waals surface area contributed by atoms with E-state index >= 15 is 0 Å². The molecule has 5 nitrogen and oxygen atoms in total. The fourth-order valence-electron chi connectivity index (χ4n) is 1.44. The molecule has 0 amide bonds. The van der Waals surface area contributed by atoms with E-state index in [1.807, 2.05) is 0 Å². The molecule has 0 spiro atoms. The third-order valence-electron chi connectivity index (χ3n) is 2.14. The van der Waals surface area contributed by atoms with Gasteiger partial charge in [0.1, 0.15) is 6.29 Å². The Labute approximate surface area is 80.0 Å². The van der Waals surface area contributed by atoms with E-state index in [2.05, 4.69) is 0 Å². The Morgan fingerprint density at radius 1 is 1.57 bits per heavy atom. The van der Waals surface area contributed by atoms with E-state index in [1.54, 1.807) is 0 Å². The number of allylic oxidation sites excluding steroid dienone is 1. The van der Waals surface area contributed by atoms with Crippen LogP contribution in [0.2, 0.25) is 0 Å². The van der Waals surface area contributed by atoms with E-state index in [1.165, 1.54) is 0 Å². The minimum atomic E-state index is -1.05. The van der Waals surface area contributed by atoms with Gasteiger partial charge in [-0.05, 0) is 6.42 Å². The molecule has 2 N–H and O–H groups in total. The number of carbonyl (C=O) groups is 3. The molecule has 0 aliphatic heterocycles. The highest BCUT2D eigenvalue weighted by atomic mass is 16.4. The van der Waals surface area contributed by atoms with Crippen LogP contribution in [0.25, 0.3) is 0 Å². The predicted octanol–water partition coefficient (Wildman–Crippen LogP) is -0.320. The first-order chi connectivity index (χ1) is 6.56. The molecule has 0 saturated heterocycles. The molecule has 1 atom stereocenters. The zero-order valence-electron chi connectivity index (χ0n) is 7.40. The Kier molecular flexibility index (Phi) is 3.14. The van der Waals surface area contributed by atoms with Gasteiger partial charge < -0.3 is 10.2 Å². The molecule has 0 bridgehead atoms. The van der Waals surface area contributed by atoms with Crippen LogP contribution < -0.4 is 0 Å². The van der Waals surface area contributed by atoms with Gasteiger partial charge in [0, 0.05) is 24.0 Å². The average Bonchev–Trinajstić information content (AvgIpc) is 2.36.